The molecular weight excluding hydrogens is 456 g/mol. The lowest BCUT2D eigenvalue weighted by Crippen LogP contribution is -2.29. The van der Waals surface area contributed by atoms with Crippen LogP contribution in [0.3, 0.4) is 0 Å². The molecule has 0 saturated carbocycles. The van der Waals surface area contributed by atoms with Gasteiger partial charge in [0.25, 0.3) is 5.91 Å². The van der Waals surface area contributed by atoms with Crippen molar-refractivity contribution < 1.29 is 9.59 Å². The van der Waals surface area contributed by atoms with Crippen LogP contribution in [0.15, 0.2) is 48.5 Å². The third-order valence-corrected chi connectivity index (χ3v) is 5.54. The van der Waals surface area contributed by atoms with Crippen LogP contribution in [0.1, 0.15) is 28.7 Å². The molecule has 36 heavy (non-hydrogen) atoms. The molecule has 0 aliphatic carbocycles. The highest BCUT2D eigenvalue weighted by molar-refractivity contribution is 5.97. The maximum Gasteiger partial charge on any atom is 0.251 e. The fourth-order valence-corrected chi connectivity index (χ4v) is 3.73. The van der Waals surface area contributed by atoms with Gasteiger partial charge in [-0.2, -0.15) is 0 Å². The monoisotopic (exact) mass is 486 g/mol. The predicted molar refractivity (Wildman–Crippen MR) is 141 cm³/mol. The first-order valence-electron chi connectivity index (χ1n) is 11.8. The summed E-state index contributed by atoms with van der Waals surface area (Å²) in [6, 6.07) is 15.1. The quantitative estimate of drug-likeness (QED) is 0.217. The van der Waals surface area contributed by atoms with Crippen LogP contribution in [0.2, 0.25) is 0 Å². The second-order valence-corrected chi connectivity index (χ2v) is 8.38. The van der Waals surface area contributed by atoms with Gasteiger partial charge in [0.15, 0.2) is 5.82 Å². The Hall–Kier alpha value is -4.47. The maximum atomic E-state index is 12.6. The number of fused-ring (bicyclic) bond motifs is 1. The van der Waals surface area contributed by atoms with Gasteiger partial charge in [-0.1, -0.05) is 30.3 Å². The third-order valence-electron chi connectivity index (χ3n) is 5.54. The van der Waals surface area contributed by atoms with Crippen LogP contribution in [-0.2, 0) is 4.79 Å². The van der Waals surface area contributed by atoms with Crippen molar-refractivity contribution in [1.82, 2.24) is 30.6 Å². The number of nitrogens with one attached hydrogen (secondary N) is 5. The Balaban J connectivity index is 1.41. The maximum absolute atomic E-state index is 12.6. The van der Waals surface area contributed by atoms with Gasteiger partial charge in [0, 0.05) is 49.8 Å². The zero-order valence-electron chi connectivity index (χ0n) is 20.6. The molecule has 4 rings (SSSR count). The minimum Gasteiger partial charge on any atom is -0.368 e. The normalized spacial score (nSPS) is 10.8. The first-order chi connectivity index (χ1) is 17.4. The molecule has 5 N–H and O–H groups in total. The van der Waals surface area contributed by atoms with Crippen LogP contribution in [0.4, 0.5) is 11.6 Å². The number of anilines is 2. The lowest BCUT2D eigenvalue weighted by molar-refractivity contribution is -0.118. The molecular formula is C26H30N8O2. The molecule has 0 fully saturated rings. The number of aryl methyl sites for hydroxylation is 1. The van der Waals surface area contributed by atoms with E-state index in [0.717, 1.165) is 28.0 Å². The molecule has 2 aromatic carbocycles. The van der Waals surface area contributed by atoms with Crippen molar-refractivity contribution in [3.05, 3.63) is 65.5 Å². The zero-order chi connectivity index (χ0) is 25.5. The van der Waals surface area contributed by atoms with Crippen molar-refractivity contribution in [2.24, 2.45) is 0 Å². The van der Waals surface area contributed by atoms with Gasteiger partial charge in [-0.05, 0) is 32.0 Å². The van der Waals surface area contributed by atoms with Gasteiger partial charge in [-0.15, -0.1) is 0 Å². The predicted octanol–water partition coefficient (Wildman–Crippen LogP) is 3.03. The fraction of sp³-hybridized carbons (Fsp3) is 0.269. The first kappa shape index (κ1) is 24.6. The molecule has 0 aliphatic heterocycles. The lowest BCUT2D eigenvalue weighted by atomic mass is 10.2. The summed E-state index contributed by atoms with van der Waals surface area (Å²) in [6.45, 7) is 7.20. The van der Waals surface area contributed by atoms with Gasteiger partial charge in [0.2, 0.25) is 5.91 Å². The summed E-state index contributed by atoms with van der Waals surface area (Å²) in [6.07, 6.45) is 0. The van der Waals surface area contributed by atoms with Crippen molar-refractivity contribution in [2.45, 2.75) is 20.8 Å². The Morgan fingerprint density at radius 3 is 2.17 bits per heavy atom. The highest BCUT2D eigenvalue weighted by Gasteiger charge is 2.13. The molecule has 2 heterocycles. The fourth-order valence-electron chi connectivity index (χ4n) is 3.73. The van der Waals surface area contributed by atoms with Crippen LogP contribution < -0.4 is 21.3 Å². The van der Waals surface area contributed by atoms with Gasteiger partial charge in [0.1, 0.15) is 17.5 Å². The van der Waals surface area contributed by atoms with E-state index in [0.29, 0.717) is 49.2 Å². The molecule has 0 bridgehead atoms. The summed E-state index contributed by atoms with van der Waals surface area (Å²) in [5.41, 5.74) is 3.97. The number of hydrogen-bond donors (Lipinski definition) is 5. The van der Waals surface area contributed by atoms with Crippen LogP contribution in [-0.4, -0.2) is 57.9 Å². The number of aromatic nitrogens is 4. The molecule has 0 spiro atoms. The lowest BCUT2D eigenvalue weighted by Gasteiger charge is -2.16. The number of carbonyl (C=O) groups excluding carboxylic acids is 2. The van der Waals surface area contributed by atoms with E-state index in [4.69, 9.17) is 4.98 Å². The number of amides is 2. The number of hydrogen-bond acceptors (Lipinski definition) is 7. The third kappa shape index (κ3) is 6.15. The highest BCUT2D eigenvalue weighted by Crippen LogP contribution is 2.25. The summed E-state index contributed by atoms with van der Waals surface area (Å²) < 4.78 is 0. The molecule has 0 unspecified atom stereocenters. The zero-order valence-corrected chi connectivity index (χ0v) is 20.6. The summed E-state index contributed by atoms with van der Waals surface area (Å²) in [5.74, 6) is 2.51. The van der Waals surface area contributed by atoms with E-state index in [1.165, 1.54) is 6.92 Å². The number of aromatic amines is 1. The van der Waals surface area contributed by atoms with E-state index in [1.54, 1.807) is 12.1 Å². The van der Waals surface area contributed by atoms with Crippen LogP contribution in [0.25, 0.3) is 22.4 Å². The summed E-state index contributed by atoms with van der Waals surface area (Å²) >= 11 is 0. The Morgan fingerprint density at radius 1 is 0.833 bits per heavy atom. The molecule has 0 saturated heterocycles. The number of imidazole rings is 1. The Bertz CT molecular complexity index is 1370. The van der Waals surface area contributed by atoms with Crippen LogP contribution in [0, 0.1) is 13.8 Å². The van der Waals surface area contributed by atoms with Crippen molar-refractivity contribution in [1.29, 1.82) is 0 Å². The number of benzene rings is 2. The number of H-pyrrole nitrogens is 1. The number of nitrogens with zero attached hydrogens (tertiary/aromatic N) is 3. The van der Waals surface area contributed by atoms with E-state index in [-0.39, 0.29) is 11.8 Å². The molecule has 2 aromatic heterocycles. The topological polar surface area (TPSA) is 137 Å². The molecule has 10 heteroatoms. The Morgan fingerprint density at radius 2 is 1.50 bits per heavy atom. The first-order valence-corrected chi connectivity index (χ1v) is 11.8. The van der Waals surface area contributed by atoms with E-state index in [9.17, 15) is 9.59 Å². The Kier molecular flexibility index (Phi) is 7.74. The van der Waals surface area contributed by atoms with Gasteiger partial charge in [-0.25, -0.2) is 15.0 Å². The number of carbonyl (C=O) groups is 2. The van der Waals surface area contributed by atoms with Crippen molar-refractivity contribution in [2.75, 3.05) is 36.8 Å². The molecule has 0 radical (unpaired) electrons. The highest BCUT2D eigenvalue weighted by atomic mass is 16.2. The van der Waals surface area contributed by atoms with Crippen molar-refractivity contribution >= 4 is 34.5 Å². The van der Waals surface area contributed by atoms with Crippen molar-refractivity contribution in [3.8, 4) is 11.4 Å². The van der Waals surface area contributed by atoms with Gasteiger partial charge < -0.3 is 26.3 Å². The van der Waals surface area contributed by atoms with Gasteiger partial charge in [0.05, 0.1) is 11.0 Å². The average Bonchev–Trinajstić information content (AvgIpc) is 3.25. The largest absolute Gasteiger partial charge is 0.368 e. The minimum absolute atomic E-state index is 0.0787. The molecule has 186 valence electrons. The van der Waals surface area contributed by atoms with Gasteiger partial charge in [-0.3, -0.25) is 9.59 Å². The van der Waals surface area contributed by atoms with Crippen molar-refractivity contribution in [3.63, 3.8) is 0 Å². The molecule has 0 aliphatic rings. The Labute approximate surface area is 209 Å². The molecule has 2 amide bonds. The van der Waals surface area contributed by atoms with Crippen LogP contribution in [0.5, 0.6) is 0 Å². The summed E-state index contributed by atoms with van der Waals surface area (Å²) in [7, 11) is 0. The van der Waals surface area contributed by atoms with E-state index in [1.807, 2.05) is 50.2 Å². The average molecular weight is 487 g/mol. The molecule has 10 nitrogen and oxygen atoms in total. The van der Waals surface area contributed by atoms with E-state index >= 15 is 0 Å². The molecule has 4 aromatic rings. The van der Waals surface area contributed by atoms with E-state index in [2.05, 4.69) is 36.2 Å². The second kappa shape index (κ2) is 11.3. The summed E-state index contributed by atoms with van der Waals surface area (Å²) in [4.78, 5) is 40.7. The standard InChI is InChI=1S/C26H30N8O2/c1-16-23(28-12-11-27-18(3)35)33-25(19-7-5-4-6-8-19)34-24(16)29-13-14-30-26(36)20-9-10-21-22(15-20)32-17(2)31-21/h4-10,15H,11-14H2,1-3H3,(H,27,35)(H,30,36)(H,31,32)(H2,28,29,33,34). The number of rotatable bonds is 10. The molecule has 0 atom stereocenters. The van der Waals surface area contributed by atoms with E-state index < -0.39 is 0 Å². The SMILES string of the molecule is CC(=O)NCCNc1nc(-c2ccccc2)nc(NCCNC(=O)c2ccc3[nH]c(C)nc3c2)c1C. The smallest absolute Gasteiger partial charge is 0.251 e. The van der Waals surface area contributed by atoms with Crippen LogP contribution >= 0.6 is 0 Å². The van der Waals surface area contributed by atoms with Gasteiger partial charge >= 0.3 is 0 Å². The second-order valence-electron chi connectivity index (χ2n) is 8.38. The summed E-state index contributed by atoms with van der Waals surface area (Å²) in [5, 5.41) is 12.3. The minimum atomic E-state index is -0.163.